The van der Waals surface area contributed by atoms with Crippen LogP contribution in [0.25, 0.3) is 0 Å². The number of aromatic nitrogens is 2. The molecule has 0 radical (unpaired) electrons. The molecule has 1 aromatic rings. The molecule has 1 rings (SSSR count). The van der Waals surface area contributed by atoms with E-state index in [0.29, 0.717) is 6.04 Å². The highest BCUT2D eigenvalue weighted by Gasteiger charge is 2.08. The van der Waals surface area contributed by atoms with Crippen LogP contribution in [-0.4, -0.2) is 23.1 Å². The first kappa shape index (κ1) is 9.26. The van der Waals surface area contributed by atoms with Crippen LogP contribution in [0.5, 0.6) is 0 Å². The zero-order valence-electron chi connectivity index (χ0n) is 8.04. The predicted molar refractivity (Wildman–Crippen MR) is 50.2 cm³/mol. The van der Waals surface area contributed by atoms with E-state index >= 15 is 0 Å². The third kappa shape index (κ3) is 1.85. The summed E-state index contributed by atoms with van der Waals surface area (Å²) in [6.45, 7) is 5.24. The first-order chi connectivity index (χ1) is 5.79. The quantitative estimate of drug-likeness (QED) is 0.734. The highest BCUT2D eigenvalue weighted by atomic mass is 15.1. The summed E-state index contributed by atoms with van der Waals surface area (Å²) in [5, 5.41) is 3.19. The van der Waals surface area contributed by atoms with Crippen molar-refractivity contribution in [3.8, 4) is 0 Å². The molecule has 0 amide bonds. The van der Waals surface area contributed by atoms with Gasteiger partial charge in [0.2, 0.25) is 0 Å². The number of hydrogen-bond donors (Lipinski definition) is 1. The van der Waals surface area contributed by atoms with E-state index < -0.39 is 0 Å². The zero-order valence-corrected chi connectivity index (χ0v) is 8.04. The van der Waals surface area contributed by atoms with Gasteiger partial charge in [0, 0.05) is 25.0 Å². The molecule has 0 aliphatic rings. The van der Waals surface area contributed by atoms with Gasteiger partial charge in [-0.3, -0.25) is 0 Å². The summed E-state index contributed by atoms with van der Waals surface area (Å²) < 4.78 is 2.22. The fourth-order valence-electron chi connectivity index (χ4n) is 1.45. The summed E-state index contributed by atoms with van der Waals surface area (Å²) in [4.78, 5) is 4.20. The van der Waals surface area contributed by atoms with E-state index in [4.69, 9.17) is 0 Å². The van der Waals surface area contributed by atoms with E-state index in [1.165, 1.54) is 0 Å². The van der Waals surface area contributed by atoms with Crippen LogP contribution in [0.15, 0.2) is 12.4 Å². The molecule has 3 nitrogen and oxygen atoms in total. The van der Waals surface area contributed by atoms with Gasteiger partial charge in [0.25, 0.3) is 0 Å². The van der Waals surface area contributed by atoms with Gasteiger partial charge in [0.15, 0.2) is 0 Å². The molecular weight excluding hydrogens is 150 g/mol. The Morgan fingerprint density at radius 3 is 2.83 bits per heavy atom. The van der Waals surface area contributed by atoms with Crippen molar-refractivity contribution in [3.05, 3.63) is 18.2 Å². The monoisotopic (exact) mass is 167 g/mol. The van der Waals surface area contributed by atoms with Crippen molar-refractivity contribution in [2.45, 2.75) is 26.3 Å². The molecule has 1 heterocycles. The molecule has 68 valence electrons. The predicted octanol–water partition coefficient (Wildman–Crippen LogP) is 1.36. The van der Waals surface area contributed by atoms with Crippen molar-refractivity contribution < 1.29 is 0 Å². The molecular formula is C9H17N3. The average Bonchev–Trinajstić information content (AvgIpc) is 2.47. The van der Waals surface area contributed by atoms with Crippen LogP contribution in [0.4, 0.5) is 0 Å². The third-order valence-corrected chi connectivity index (χ3v) is 2.17. The highest BCUT2D eigenvalue weighted by Crippen LogP contribution is 2.11. The van der Waals surface area contributed by atoms with Gasteiger partial charge in [-0.15, -0.1) is 0 Å². The Balaban J connectivity index is 2.72. The van der Waals surface area contributed by atoms with Crippen LogP contribution in [-0.2, 0) is 0 Å². The molecule has 0 bridgehead atoms. The number of likely N-dealkylation sites (N-methyl/N-ethyl adjacent to an activating group) is 1. The summed E-state index contributed by atoms with van der Waals surface area (Å²) in [5.41, 5.74) is 0. The fourth-order valence-corrected chi connectivity index (χ4v) is 1.45. The summed E-state index contributed by atoms with van der Waals surface area (Å²) in [6.07, 6.45) is 5.03. The van der Waals surface area contributed by atoms with Crippen molar-refractivity contribution in [2.75, 3.05) is 13.6 Å². The summed E-state index contributed by atoms with van der Waals surface area (Å²) in [6, 6.07) is 0.539. The van der Waals surface area contributed by atoms with Gasteiger partial charge >= 0.3 is 0 Å². The lowest BCUT2D eigenvalue weighted by Crippen LogP contribution is -2.22. The topological polar surface area (TPSA) is 29.9 Å². The van der Waals surface area contributed by atoms with Crippen molar-refractivity contribution in [1.29, 1.82) is 0 Å². The molecule has 1 unspecified atom stereocenters. The molecule has 1 atom stereocenters. The van der Waals surface area contributed by atoms with Gasteiger partial charge in [0.1, 0.15) is 5.82 Å². The van der Waals surface area contributed by atoms with Crippen LogP contribution in [0.3, 0.4) is 0 Å². The standard InChI is InChI=1S/C9H17N3/c1-4-9(7-10-3)12-6-5-11-8(12)2/h5-6,9-10H,4,7H2,1-3H3. The van der Waals surface area contributed by atoms with Crippen LogP contribution in [0.2, 0.25) is 0 Å². The summed E-state index contributed by atoms with van der Waals surface area (Å²) in [5.74, 6) is 1.09. The number of aryl methyl sites for hydroxylation is 1. The molecule has 0 spiro atoms. The lowest BCUT2D eigenvalue weighted by molar-refractivity contribution is 0.456. The Labute approximate surface area is 73.8 Å². The SMILES string of the molecule is CCC(CNC)n1ccnc1C. The number of rotatable bonds is 4. The van der Waals surface area contributed by atoms with Crippen molar-refractivity contribution in [1.82, 2.24) is 14.9 Å². The third-order valence-electron chi connectivity index (χ3n) is 2.17. The Kier molecular flexibility index (Phi) is 3.29. The van der Waals surface area contributed by atoms with Crippen LogP contribution < -0.4 is 5.32 Å². The van der Waals surface area contributed by atoms with Crippen LogP contribution in [0.1, 0.15) is 25.2 Å². The maximum Gasteiger partial charge on any atom is 0.105 e. The number of nitrogens with one attached hydrogen (secondary N) is 1. The van der Waals surface area contributed by atoms with E-state index in [9.17, 15) is 0 Å². The normalized spacial score (nSPS) is 13.2. The van der Waals surface area contributed by atoms with E-state index in [0.717, 1.165) is 18.8 Å². The van der Waals surface area contributed by atoms with Crippen LogP contribution >= 0.6 is 0 Å². The second-order valence-electron chi connectivity index (χ2n) is 3.00. The zero-order chi connectivity index (χ0) is 8.97. The van der Waals surface area contributed by atoms with E-state index in [2.05, 4.69) is 21.8 Å². The smallest absolute Gasteiger partial charge is 0.105 e. The minimum Gasteiger partial charge on any atom is -0.331 e. The highest BCUT2D eigenvalue weighted by molar-refractivity contribution is 4.92. The first-order valence-electron chi connectivity index (χ1n) is 4.43. The van der Waals surface area contributed by atoms with Crippen molar-refractivity contribution in [3.63, 3.8) is 0 Å². The second-order valence-corrected chi connectivity index (χ2v) is 3.00. The van der Waals surface area contributed by atoms with E-state index in [1.807, 2.05) is 26.4 Å². The van der Waals surface area contributed by atoms with E-state index in [1.54, 1.807) is 0 Å². The van der Waals surface area contributed by atoms with E-state index in [-0.39, 0.29) is 0 Å². The van der Waals surface area contributed by atoms with Gasteiger partial charge in [-0.05, 0) is 20.4 Å². The van der Waals surface area contributed by atoms with Gasteiger partial charge in [-0.2, -0.15) is 0 Å². The Bertz CT molecular complexity index is 229. The van der Waals surface area contributed by atoms with Gasteiger partial charge in [0.05, 0.1) is 0 Å². The fraction of sp³-hybridized carbons (Fsp3) is 0.667. The lowest BCUT2D eigenvalue weighted by atomic mass is 10.2. The minimum absolute atomic E-state index is 0.539. The molecule has 3 heteroatoms. The molecule has 1 aromatic heterocycles. The van der Waals surface area contributed by atoms with Gasteiger partial charge < -0.3 is 9.88 Å². The van der Waals surface area contributed by atoms with Crippen molar-refractivity contribution in [2.24, 2.45) is 0 Å². The van der Waals surface area contributed by atoms with Crippen molar-refractivity contribution >= 4 is 0 Å². The molecule has 0 aliphatic carbocycles. The molecule has 0 saturated carbocycles. The number of imidazole rings is 1. The Hall–Kier alpha value is -0.830. The van der Waals surface area contributed by atoms with Gasteiger partial charge in [-0.1, -0.05) is 6.92 Å². The minimum atomic E-state index is 0.539. The van der Waals surface area contributed by atoms with Crippen LogP contribution in [0, 0.1) is 6.92 Å². The Morgan fingerprint density at radius 2 is 2.42 bits per heavy atom. The Morgan fingerprint density at radius 1 is 1.67 bits per heavy atom. The molecule has 0 aliphatic heterocycles. The molecule has 1 N–H and O–H groups in total. The lowest BCUT2D eigenvalue weighted by Gasteiger charge is -2.17. The maximum absolute atomic E-state index is 4.20. The molecule has 0 aromatic carbocycles. The number of hydrogen-bond acceptors (Lipinski definition) is 2. The number of nitrogens with zero attached hydrogens (tertiary/aromatic N) is 2. The molecule has 0 saturated heterocycles. The maximum atomic E-state index is 4.20. The largest absolute Gasteiger partial charge is 0.331 e. The summed E-state index contributed by atoms with van der Waals surface area (Å²) in [7, 11) is 1.98. The second kappa shape index (κ2) is 4.26. The molecule has 0 fully saturated rings. The average molecular weight is 167 g/mol. The molecule has 12 heavy (non-hydrogen) atoms. The first-order valence-corrected chi connectivity index (χ1v) is 4.43. The summed E-state index contributed by atoms with van der Waals surface area (Å²) >= 11 is 0. The van der Waals surface area contributed by atoms with Gasteiger partial charge in [-0.25, -0.2) is 4.98 Å².